The van der Waals surface area contributed by atoms with E-state index in [0.29, 0.717) is 36.3 Å². The number of hydrogen-bond donors (Lipinski definition) is 2. The third-order valence-corrected chi connectivity index (χ3v) is 7.59. The molecule has 6 rings (SSSR count). The number of nitrogens with one attached hydrogen (secondary N) is 1. The zero-order valence-electron chi connectivity index (χ0n) is 22.1. The lowest BCUT2D eigenvalue weighted by Gasteiger charge is -2.34. The molecule has 40 heavy (non-hydrogen) atoms. The summed E-state index contributed by atoms with van der Waals surface area (Å²) >= 11 is 0. The number of likely N-dealkylation sites (tertiary alicyclic amines) is 1. The van der Waals surface area contributed by atoms with Crippen molar-refractivity contribution in [3.8, 4) is 22.8 Å². The van der Waals surface area contributed by atoms with Gasteiger partial charge in [0.15, 0.2) is 17.5 Å². The minimum Gasteiger partial charge on any atom is -0.465 e. The van der Waals surface area contributed by atoms with E-state index in [4.69, 9.17) is 0 Å². The van der Waals surface area contributed by atoms with Crippen LogP contribution in [0.1, 0.15) is 12.8 Å². The summed E-state index contributed by atoms with van der Waals surface area (Å²) < 4.78 is 31.7. The van der Waals surface area contributed by atoms with Gasteiger partial charge in [0.2, 0.25) is 0 Å². The van der Waals surface area contributed by atoms with Crippen LogP contribution < -0.4 is 10.2 Å². The topological polar surface area (TPSA) is 102 Å². The van der Waals surface area contributed by atoms with Crippen LogP contribution in [-0.4, -0.2) is 92.7 Å². The Hall–Kier alpha value is -4.32. The number of piperazine rings is 1. The number of likely N-dealkylation sites (N-methyl/N-ethyl adjacent to an activating group) is 1. The van der Waals surface area contributed by atoms with Crippen LogP contribution in [0.4, 0.5) is 25.1 Å². The highest BCUT2D eigenvalue weighted by Gasteiger charge is 2.26. The van der Waals surface area contributed by atoms with E-state index in [1.54, 1.807) is 6.07 Å². The Balaban J connectivity index is 1.39. The number of amides is 1. The van der Waals surface area contributed by atoms with E-state index in [1.807, 2.05) is 24.3 Å². The summed E-state index contributed by atoms with van der Waals surface area (Å²) in [5.41, 5.74) is 2.62. The van der Waals surface area contributed by atoms with E-state index >= 15 is 4.39 Å². The van der Waals surface area contributed by atoms with Crippen LogP contribution in [0.15, 0.2) is 48.8 Å². The first kappa shape index (κ1) is 25.9. The quantitative estimate of drug-likeness (QED) is 0.385. The predicted octanol–water partition coefficient (Wildman–Crippen LogP) is 4.04. The van der Waals surface area contributed by atoms with Gasteiger partial charge in [0.25, 0.3) is 0 Å². The first-order valence-corrected chi connectivity index (χ1v) is 13.3. The fourth-order valence-electron chi connectivity index (χ4n) is 5.33. The Bertz CT molecular complexity index is 1540. The number of fused-ring (bicyclic) bond motifs is 1. The smallest absolute Gasteiger partial charge is 0.407 e. The van der Waals surface area contributed by atoms with Crippen molar-refractivity contribution in [3.05, 3.63) is 60.4 Å². The molecule has 4 aromatic rings. The van der Waals surface area contributed by atoms with Gasteiger partial charge in [-0.25, -0.2) is 28.5 Å². The number of rotatable bonds is 5. The third-order valence-electron chi connectivity index (χ3n) is 7.59. The fourth-order valence-corrected chi connectivity index (χ4v) is 5.33. The molecule has 0 radical (unpaired) electrons. The van der Waals surface area contributed by atoms with Crippen LogP contribution in [0.25, 0.3) is 28.4 Å². The average Bonchev–Trinajstić information content (AvgIpc) is 3.38. The zero-order chi connectivity index (χ0) is 27.8. The van der Waals surface area contributed by atoms with Crippen molar-refractivity contribution in [2.45, 2.75) is 18.9 Å². The normalized spacial score (nSPS) is 18.3. The van der Waals surface area contributed by atoms with E-state index in [1.165, 1.54) is 27.8 Å². The maximum Gasteiger partial charge on any atom is 0.407 e. The molecule has 5 heterocycles. The number of carboxylic acid groups (broad SMARTS) is 1. The van der Waals surface area contributed by atoms with Gasteiger partial charge in [-0.15, -0.1) is 0 Å². The summed E-state index contributed by atoms with van der Waals surface area (Å²) in [6, 6.07) is 10.1. The van der Waals surface area contributed by atoms with E-state index in [9.17, 15) is 14.3 Å². The molecule has 3 aromatic heterocycles. The van der Waals surface area contributed by atoms with Gasteiger partial charge in [-0.05, 0) is 44.2 Å². The Morgan fingerprint density at radius 3 is 2.55 bits per heavy atom. The van der Waals surface area contributed by atoms with Crippen molar-refractivity contribution in [2.24, 2.45) is 0 Å². The van der Waals surface area contributed by atoms with E-state index in [2.05, 4.69) is 37.1 Å². The van der Waals surface area contributed by atoms with Crippen molar-refractivity contribution in [1.82, 2.24) is 29.2 Å². The molecule has 0 unspecified atom stereocenters. The number of hydrogen-bond acceptors (Lipinski definition) is 7. The van der Waals surface area contributed by atoms with Gasteiger partial charge in [-0.1, -0.05) is 12.1 Å². The summed E-state index contributed by atoms with van der Waals surface area (Å²) in [7, 11) is 2.10. The maximum atomic E-state index is 16.1. The van der Waals surface area contributed by atoms with Crippen molar-refractivity contribution in [3.63, 3.8) is 0 Å². The van der Waals surface area contributed by atoms with Gasteiger partial charge < -0.3 is 25.1 Å². The summed E-state index contributed by atoms with van der Waals surface area (Å²) in [5, 5.41) is 12.6. The molecule has 0 saturated carbocycles. The highest BCUT2D eigenvalue weighted by Crippen LogP contribution is 2.31. The molecule has 12 heteroatoms. The lowest BCUT2D eigenvalue weighted by atomic mass is 10.1. The highest BCUT2D eigenvalue weighted by atomic mass is 19.1. The molecule has 1 atom stereocenters. The molecule has 1 amide bonds. The van der Waals surface area contributed by atoms with Gasteiger partial charge in [0, 0.05) is 62.8 Å². The van der Waals surface area contributed by atoms with E-state index in [-0.39, 0.29) is 29.9 Å². The lowest BCUT2D eigenvalue weighted by molar-refractivity contribution is 0.132. The van der Waals surface area contributed by atoms with Crippen molar-refractivity contribution < 1.29 is 18.7 Å². The minimum absolute atomic E-state index is 0.0354. The van der Waals surface area contributed by atoms with Crippen LogP contribution in [0.5, 0.6) is 0 Å². The minimum atomic E-state index is -1.01. The van der Waals surface area contributed by atoms with Crippen LogP contribution in [-0.2, 0) is 0 Å². The first-order valence-electron chi connectivity index (χ1n) is 13.3. The lowest BCUT2D eigenvalue weighted by Crippen LogP contribution is -2.44. The van der Waals surface area contributed by atoms with Crippen molar-refractivity contribution in [1.29, 1.82) is 0 Å². The van der Waals surface area contributed by atoms with Crippen molar-refractivity contribution in [2.75, 3.05) is 56.5 Å². The van der Waals surface area contributed by atoms with Gasteiger partial charge >= 0.3 is 6.09 Å². The summed E-state index contributed by atoms with van der Waals surface area (Å²) in [4.78, 5) is 30.8. The summed E-state index contributed by atoms with van der Waals surface area (Å²) in [6.07, 6.45) is 3.12. The number of anilines is 2. The second-order valence-corrected chi connectivity index (χ2v) is 10.3. The van der Waals surface area contributed by atoms with E-state index < -0.39 is 17.7 Å². The van der Waals surface area contributed by atoms with Crippen LogP contribution in [0.3, 0.4) is 0 Å². The number of imidazole rings is 1. The number of halogens is 2. The predicted molar refractivity (Wildman–Crippen MR) is 148 cm³/mol. The Morgan fingerprint density at radius 2 is 1.80 bits per heavy atom. The Kier molecular flexibility index (Phi) is 6.93. The molecule has 0 aliphatic carbocycles. The van der Waals surface area contributed by atoms with Crippen LogP contribution in [0.2, 0.25) is 0 Å². The second-order valence-electron chi connectivity index (χ2n) is 10.3. The van der Waals surface area contributed by atoms with Crippen LogP contribution in [0, 0.1) is 11.6 Å². The number of benzene rings is 1. The second kappa shape index (κ2) is 10.7. The van der Waals surface area contributed by atoms with E-state index in [0.717, 1.165) is 31.9 Å². The number of nitrogens with zero attached hydrogens (tertiary/aromatic N) is 7. The summed E-state index contributed by atoms with van der Waals surface area (Å²) in [6.45, 7) is 4.42. The monoisotopic (exact) mass is 548 g/mol. The van der Waals surface area contributed by atoms with Gasteiger partial charge in [-0.3, -0.25) is 4.40 Å². The van der Waals surface area contributed by atoms with Gasteiger partial charge in [0.1, 0.15) is 22.9 Å². The molecule has 0 bridgehead atoms. The van der Waals surface area contributed by atoms with Gasteiger partial charge in [0.05, 0.1) is 6.20 Å². The largest absolute Gasteiger partial charge is 0.465 e. The molecular weight excluding hydrogens is 518 g/mol. The fraction of sp³-hybridized carbons (Fsp3) is 0.357. The standard InChI is InChI=1S/C28H30F2N8O2/c1-35-11-13-36(14-12-35)21-7-4-18(5-8-21)25-24(30)27(32-20-3-2-10-37(17-20)28(39)40)34-26(33-25)22-15-31-23-9-6-19(29)16-38(22)23/h4-9,15-16,20H,2-3,10-14,17H2,1H3,(H,39,40)(H,32,33,34)/t20-/m1/s1. The zero-order valence-corrected chi connectivity index (χ0v) is 22.1. The van der Waals surface area contributed by atoms with Gasteiger partial charge in [-0.2, -0.15) is 0 Å². The molecule has 2 aliphatic heterocycles. The number of piperidine rings is 1. The first-order chi connectivity index (χ1) is 19.4. The third kappa shape index (κ3) is 5.14. The maximum absolute atomic E-state index is 16.1. The number of aromatic nitrogens is 4. The highest BCUT2D eigenvalue weighted by molar-refractivity contribution is 5.70. The molecule has 2 fully saturated rings. The SMILES string of the molecule is CN1CCN(c2ccc(-c3nc(-c4cnc5ccc(F)cn45)nc(N[C@@H]4CCCN(C(=O)O)C4)c3F)cc2)CC1. The molecule has 2 N–H and O–H groups in total. The number of pyridine rings is 1. The molecule has 2 aliphatic rings. The average molecular weight is 549 g/mol. The molecule has 0 spiro atoms. The Labute approximate surface area is 229 Å². The Morgan fingerprint density at radius 1 is 1.02 bits per heavy atom. The molecule has 208 valence electrons. The summed E-state index contributed by atoms with van der Waals surface area (Å²) in [5.74, 6) is -0.954. The molecule has 2 saturated heterocycles. The van der Waals surface area contributed by atoms with Crippen LogP contribution >= 0.6 is 0 Å². The molecule has 1 aromatic carbocycles. The number of carbonyl (C=O) groups is 1. The molecular formula is C28H30F2N8O2. The molecule has 10 nitrogen and oxygen atoms in total. The van der Waals surface area contributed by atoms with Crippen molar-refractivity contribution >= 4 is 23.2 Å².